The van der Waals surface area contributed by atoms with E-state index in [0.29, 0.717) is 0 Å². The molecule has 0 radical (unpaired) electrons. The molecule has 0 amide bonds. The maximum atomic E-state index is 10.6. The highest BCUT2D eigenvalue weighted by Gasteiger charge is 2.10. The van der Waals surface area contributed by atoms with Crippen molar-refractivity contribution in [3.63, 3.8) is 0 Å². The van der Waals surface area contributed by atoms with Crippen LogP contribution in [0.1, 0.15) is 0 Å². The van der Waals surface area contributed by atoms with Crippen LogP contribution in [0, 0.1) is 5.92 Å². The van der Waals surface area contributed by atoms with Crippen molar-refractivity contribution in [1.29, 1.82) is 0 Å². The van der Waals surface area contributed by atoms with Gasteiger partial charge in [0, 0.05) is 0 Å². The lowest BCUT2D eigenvalue weighted by Gasteiger charge is -2.00. The summed E-state index contributed by atoms with van der Waals surface area (Å²) in [6, 6.07) is 0. The number of carbonyl (C=O) groups excluding carboxylic acids is 2. The van der Waals surface area contributed by atoms with E-state index < -0.39 is 11.9 Å². The lowest BCUT2D eigenvalue weighted by molar-refractivity contribution is -0.152. The van der Waals surface area contributed by atoms with Gasteiger partial charge in [-0.1, -0.05) is 12.2 Å². The fourth-order valence-corrected chi connectivity index (χ4v) is 0.415. The SMILES string of the molecule is C=CC(C=C)C(=O)OC=O. The Labute approximate surface area is 59.0 Å². The van der Waals surface area contributed by atoms with E-state index >= 15 is 0 Å². The van der Waals surface area contributed by atoms with Crippen molar-refractivity contribution >= 4 is 12.4 Å². The highest BCUT2D eigenvalue weighted by molar-refractivity contribution is 5.81. The maximum absolute atomic E-state index is 10.6. The molecule has 0 bridgehead atoms. The first-order valence-electron chi connectivity index (χ1n) is 2.65. The molecule has 0 heterocycles. The second-order valence-corrected chi connectivity index (χ2v) is 1.53. The monoisotopic (exact) mass is 140 g/mol. The molecule has 0 aromatic heterocycles. The minimum absolute atomic E-state index is 0.0856. The average Bonchev–Trinajstić information content (AvgIpc) is 1.91. The minimum Gasteiger partial charge on any atom is -0.395 e. The Morgan fingerprint density at radius 3 is 2.20 bits per heavy atom. The Balaban J connectivity index is 4.00. The van der Waals surface area contributed by atoms with Gasteiger partial charge in [0.25, 0.3) is 0 Å². The number of esters is 1. The zero-order chi connectivity index (χ0) is 7.98. The molecule has 0 aromatic rings. The van der Waals surface area contributed by atoms with E-state index in [-0.39, 0.29) is 6.47 Å². The largest absolute Gasteiger partial charge is 0.395 e. The molecule has 10 heavy (non-hydrogen) atoms. The normalized spacial score (nSPS) is 8.50. The maximum Gasteiger partial charge on any atom is 0.324 e. The van der Waals surface area contributed by atoms with Crippen LogP contribution in [0.2, 0.25) is 0 Å². The third-order valence-corrected chi connectivity index (χ3v) is 0.944. The summed E-state index contributed by atoms with van der Waals surface area (Å²) in [4.78, 5) is 20.2. The van der Waals surface area contributed by atoms with Gasteiger partial charge >= 0.3 is 12.4 Å². The molecule has 0 rings (SSSR count). The molecule has 0 aliphatic carbocycles. The molecule has 0 aliphatic heterocycles. The highest BCUT2D eigenvalue weighted by Crippen LogP contribution is 2.00. The molecule has 0 saturated carbocycles. The summed E-state index contributed by atoms with van der Waals surface area (Å²) in [7, 11) is 0. The summed E-state index contributed by atoms with van der Waals surface area (Å²) in [5.41, 5.74) is 0. The Morgan fingerprint density at radius 1 is 1.40 bits per heavy atom. The number of hydrogen-bond donors (Lipinski definition) is 0. The van der Waals surface area contributed by atoms with Gasteiger partial charge in [-0.05, 0) is 0 Å². The third kappa shape index (κ3) is 2.26. The van der Waals surface area contributed by atoms with Gasteiger partial charge in [-0.25, -0.2) is 0 Å². The zero-order valence-corrected chi connectivity index (χ0v) is 5.45. The van der Waals surface area contributed by atoms with Gasteiger partial charge in [-0.15, -0.1) is 13.2 Å². The van der Waals surface area contributed by atoms with Crippen molar-refractivity contribution in [2.75, 3.05) is 0 Å². The fraction of sp³-hybridized carbons (Fsp3) is 0.143. The summed E-state index contributed by atoms with van der Waals surface area (Å²) >= 11 is 0. The molecular formula is C7H8O3. The molecule has 0 N–H and O–H groups in total. The van der Waals surface area contributed by atoms with E-state index in [1.54, 1.807) is 0 Å². The Bertz CT molecular complexity index is 152. The summed E-state index contributed by atoms with van der Waals surface area (Å²) in [6.45, 7) is 6.78. The zero-order valence-electron chi connectivity index (χ0n) is 5.45. The van der Waals surface area contributed by atoms with Crippen molar-refractivity contribution in [3.8, 4) is 0 Å². The number of rotatable bonds is 4. The van der Waals surface area contributed by atoms with Crippen LogP contribution in [-0.2, 0) is 14.3 Å². The Hall–Kier alpha value is -1.38. The number of carbonyl (C=O) groups is 2. The van der Waals surface area contributed by atoms with Gasteiger partial charge in [0.15, 0.2) is 0 Å². The Morgan fingerprint density at radius 2 is 1.90 bits per heavy atom. The predicted octanol–water partition coefficient (Wildman–Crippen LogP) is 0.674. The van der Waals surface area contributed by atoms with Crippen LogP contribution in [-0.4, -0.2) is 12.4 Å². The second-order valence-electron chi connectivity index (χ2n) is 1.53. The molecule has 54 valence electrons. The van der Waals surface area contributed by atoms with Crippen LogP contribution in [0.4, 0.5) is 0 Å². The predicted molar refractivity (Wildman–Crippen MR) is 36.0 cm³/mol. The first-order valence-corrected chi connectivity index (χ1v) is 2.65. The van der Waals surface area contributed by atoms with E-state index in [9.17, 15) is 9.59 Å². The first-order chi connectivity index (χ1) is 4.76. The van der Waals surface area contributed by atoms with E-state index in [1.165, 1.54) is 12.2 Å². The van der Waals surface area contributed by atoms with E-state index in [0.717, 1.165) is 0 Å². The smallest absolute Gasteiger partial charge is 0.324 e. The molecule has 0 spiro atoms. The molecular weight excluding hydrogens is 132 g/mol. The molecule has 0 fully saturated rings. The molecule has 0 saturated heterocycles. The van der Waals surface area contributed by atoms with Crippen molar-refractivity contribution in [1.82, 2.24) is 0 Å². The molecule has 0 atom stereocenters. The summed E-state index contributed by atoms with van der Waals surface area (Å²) in [6.07, 6.45) is 2.69. The topological polar surface area (TPSA) is 43.4 Å². The van der Waals surface area contributed by atoms with E-state index in [2.05, 4.69) is 17.9 Å². The molecule has 0 aliphatic rings. The quantitative estimate of drug-likeness (QED) is 0.249. The summed E-state index contributed by atoms with van der Waals surface area (Å²) in [5, 5.41) is 0. The lowest BCUT2D eigenvalue weighted by Crippen LogP contribution is -2.11. The molecule has 0 unspecified atom stereocenters. The van der Waals surface area contributed by atoms with Gasteiger partial charge < -0.3 is 4.74 Å². The number of hydrogen-bond acceptors (Lipinski definition) is 3. The average molecular weight is 140 g/mol. The fourth-order valence-electron chi connectivity index (χ4n) is 0.415. The van der Waals surface area contributed by atoms with Crippen LogP contribution in [0.25, 0.3) is 0 Å². The van der Waals surface area contributed by atoms with Crippen molar-refractivity contribution < 1.29 is 14.3 Å². The van der Waals surface area contributed by atoms with Gasteiger partial charge in [0.1, 0.15) is 0 Å². The molecule has 0 aromatic carbocycles. The Kier molecular flexibility index (Phi) is 3.87. The van der Waals surface area contributed by atoms with Crippen LogP contribution < -0.4 is 0 Å². The van der Waals surface area contributed by atoms with Crippen LogP contribution >= 0.6 is 0 Å². The number of ether oxygens (including phenoxy) is 1. The van der Waals surface area contributed by atoms with Crippen molar-refractivity contribution in [3.05, 3.63) is 25.3 Å². The standard InChI is InChI=1S/C7H8O3/c1-3-6(4-2)7(9)10-5-8/h3-6H,1-2H2. The van der Waals surface area contributed by atoms with Crippen LogP contribution in [0.3, 0.4) is 0 Å². The van der Waals surface area contributed by atoms with E-state index in [4.69, 9.17) is 0 Å². The highest BCUT2D eigenvalue weighted by atomic mass is 16.6. The van der Waals surface area contributed by atoms with Crippen LogP contribution in [0.5, 0.6) is 0 Å². The lowest BCUT2D eigenvalue weighted by atomic mass is 10.1. The van der Waals surface area contributed by atoms with Crippen molar-refractivity contribution in [2.24, 2.45) is 5.92 Å². The van der Waals surface area contributed by atoms with Gasteiger partial charge in [0.2, 0.25) is 0 Å². The summed E-state index contributed by atoms with van der Waals surface area (Å²) < 4.78 is 4.02. The minimum atomic E-state index is -0.653. The molecule has 3 nitrogen and oxygen atoms in total. The van der Waals surface area contributed by atoms with Gasteiger partial charge in [-0.2, -0.15) is 0 Å². The van der Waals surface area contributed by atoms with Gasteiger partial charge in [-0.3, -0.25) is 9.59 Å². The van der Waals surface area contributed by atoms with E-state index in [1.807, 2.05) is 0 Å². The van der Waals surface area contributed by atoms with Crippen LogP contribution in [0.15, 0.2) is 25.3 Å². The second kappa shape index (κ2) is 4.49. The molecule has 3 heteroatoms. The van der Waals surface area contributed by atoms with Gasteiger partial charge in [0.05, 0.1) is 5.92 Å². The third-order valence-electron chi connectivity index (χ3n) is 0.944. The van der Waals surface area contributed by atoms with Crippen molar-refractivity contribution in [2.45, 2.75) is 0 Å². The first kappa shape index (κ1) is 8.62. The summed E-state index contributed by atoms with van der Waals surface area (Å²) in [5.74, 6) is -1.25.